The van der Waals surface area contributed by atoms with Gasteiger partial charge in [0.15, 0.2) is 0 Å². The average molecular weight is 690 g/mol. The molecule has 0 fully saturated rings. The molecule has 3 unspecified atom stereocenters. The highest BCUT2D eigenvalue weighted by atomic mass is 16.3. The van der Waals surface area contributed by atoms with Crippen LogP contribution in [0, 0.1) is 0 Å². The Bertz CT molecular complexity index is 764. The summed E-state index contributed by atoms with van der Waals surface area (Å²) in [5.41, 5.74) is 0. The summed E-state index contributed by atoms with van der Waals surface area (Å²) < 4.78 is 0. The largest absolute Gasteiger partial charge is 0.394 e. The highest BCUT2D eigenvalue weighted by molar-refractivity contribution is 5.76. The van der Waals surface area contributed by atoms with Crippen LogP contribution in [0.2, 0.25) is 0 Å². The Morgan fingerprint density at radius 2 is 0.878 bits per heavy atom. The molecule has 0 aromatic carbocycles. The van der Waals surface area contributed by atoms with Gasteiger partial charge in [0, 0.05) is 0 Å². The van der Waals surface area contributed by atoms with Crippen molar-refractivity contribution < 1.29 is 20.1 Å². The third-order valence-electron chi connectivity index (χ3n) is 9.65. The van der Waals surface area contributed by atoms with E-state index in [2.05, 4.69) is 43.5 Å². The van der Waals surface area contributed by atoms with Crippen LogP contribution in [0.4, 0.5) is 0 Å². The summed E-state index contributed by atoms with van der Waals surface area (Å²) in [7, 11) is 0. The Hall–Kier alpha value is -1.43. The van der Waals surface area contributed by atoms with Gasteiger partial charge in [0.05, 0.1) is 31.3 Å². The topological polar surface area (TPSA) is 89.8 Å². The standard InChI is InChI=1S/C44H83NO4/c1-3-5-7-9-11-13-15-17-19-21-22-24-26-28-30-32-34-36-38-43(48)42(40-46)45-44(49)39-41(47)37-35-33-31-29-27-25-23-20-18-16-14-12-10-8-6-4-2/h25,27-28,30,36,38,41-43,46-48H,3-24,26,29,31-35,37,39-40H2,1-2H3,(H,45,49)/b27-25-,30-28+,38-36+. The number of aliphatic hydroxyl groups excluding tert-OH is 3. The second kappa shape index (κ2) is 39.4. The van der Waals surface area contributed by atoms with E-state index in [9.17, 15) is 20.1 Å². The number of allylic oxidation sites excluding steroid dienone is 5. The Balaban J connectivity index is 3.75. The first kappa shape index (κ1) is 47.6. The van der Waals surface area contributed by atoms with E-state index in [1.54, 1.807) is 6.08 Å². The fourth-order valence-corrected chi connectivity index (χ4v) is 6.35. The maximum atomic E-state index is 12.4. The number of carbonyl (C=O) groups excluding carboxylic acids is 1. The summed E-state index contributed by atoms with van der Waals surface area (Å²) >= 11 is 0. The number of unbranched alkanes of at least 4 members (excludes halogenated alkanes) is 25. The molecule has 0 aromatic rings. The van der Waals surface area contributed by atoms with Gasteiger partial charge in [0.25, 0.3) is 0 Å². The summed E-state index contributed by atoms with van der Waals surface area (Å²) in [5, 5.41) is 33.1. The van der Waals surface area contributed by atoms with E-state index in [-0.39, 0.29) is 18.9 Å². The summed E-state index contributed by atoms with van der Waals surface area (Å²) in [6.45, 7) is 4.19. The highest BCUT2D eigenvalue weighted by Crippen LogP contribution is 2.14. The van der Waals surface area contributed by atoms with Crippen LogP contribution in [0.1, 0.15) is 213 Å². The van der Waals surface area contributed by atoms with Crippen LogP contribution in [0.3, 0.4) is 0 Å². The maximum Gasteiger partial charge on any atom is 0.222 e. The number of rotatable bonds is 38. The second-order valence-electron chi connectivity index (χ2n) is 14.6. The molecule has 0 rings (SSSR count). The molecule has 288 valence electrons. The zero-order chi connectivity index (χ0) is 35.9. The SMILES string of the molecule is CCCCCCCCCCC/C=C\CCCCCC(O)CC(=O)NC(CO)C(O)/C=C/CC/C=C/CCCCCCCCCCCCCC. The van der Waals surface area contributed by atoms with E-state index in [0.29, 0.717) is 6.42 Å². The van der Waals surface area contributed by atoms with Gasteiger partial charge in [-0.1, -0.05) is 185 Å². The first-order valence-electron chi connectivity index (χ1n) is 21.3. The number of nitrogens with one attached hydrogen (secondary N) is 1. The number of hydrogen-bond donors (Lipinski definition) is 4. The first-order valence-corrected chi connectivity index (χ1v) is 21.3. The van der Waals surface area contributed by atoms with Crippen LogP contribution in [-0.4, -0.2) is 46.1 Å². The lowest BCUT2D eigenvalue weighted by Crippen LogP contribution is -2.45. The van der Waals surface area contributed by atoms with Gasteiger partial charge >= 0.3 is 0 Å². The maximum absolute atomic E-state index is 12.4. The molecule has 0 aliphatic carbocycles. The fraction of sp³-hybridized carbons (Fsp3) is 0.841. The van der Waals surface area contributed by atoms with Gasteiger partial charge in [-0.05, 0) is 57.8 Å². The molecule has 0 heterocycles. The molecule has 4 N–H and O–H groups in total. The van der Waals surface area contributed by atoms with Crippen molar-refractivity contribution in [3.63, 3.8) is 0 Å². The first-order chi connectivity index (χ1) is 24.0. The molecule has 0 radical (unpaired) electrons. The Kier molecular flexibility index (Phi) is 38.2. The van der Waals surface area contributed by atoms with Crippen LogP contribution < -0.4 is 5.32 Å². The minimum absolute atomic E-state index is 0.00440. The van der Waals surface area contributed by atoms with Gasteiger partial charge in [-0.25, -0.2) is 0 Å². The molecule has 49 heavy (non-hydrogen) atoms. The Labute approximate surface area is 304 Å². The molecule has 0 saturated carbocycles. The van der Waals surface area contributed by atoms with Crippen molar-refractivity contribution in [3.8, 4) is 0 Å². The number of amides is 1. The van der Waals surface area contributed by atoms with E-state index in [4.69, 9.17) is 0 Å². The minimum atomic E-state index is -0.954. The molecule has 5 heteroatoms. The van der Waals surface area contributed by atoms with Crippen LogP contribution in [0.15, 0.2) is 36.5 Å². The van der Waals surface area contributed by atoms with Crippen LogP contribution >= 0.6 is 0 Å². The predicted molar refractivity (Wildman–Crippen MR) is 213 cm³/mol. The van der Waals surface area contributed by atoms with Crippen LogP contribution in [-0.2, 0) is 4.79 Å². The van der Waals surface area contributed by atoms with Gasteiger partial charge in [-0.3, -0.25) is 4.79 Å². The molecular weight excluding hydrogens is 606 g/mol. The molecule has 0 aliphatic rings. The van der Waals surface area contributed by atoms with Crippen molar-refractivity contribution in [1.82, 2.24) is 5.32 Å². The van der Waals surface area contributed by atoms with E-state index in [0.717, 1.165) is 44.9 Å². The molecule has 1 amide bonds. The fourth-order valence-electron chi connectivity index (χ4n) is 6.35. The third kappa shape index (κ3) is 36.2. The molecule has 0 bridgehead atoms. The van der Waals surface area contributed by atoms with Crippen molar-refractivity contribution >= 4 is 5.91 Å². The minimum Gasteiger partial charge on any atom is -0.394 e. The molecule has 0 aromatic heterocycles. The molecule has 0 spiro atoms. The van der Waals surface area contributed by atoms with E-state index < -0.39 is 18.2 Å². The summed E-state index contributed by atoms with van der Waals surface area (Å²) in [6, 6.07) is -0.764. The lowest BCUT2D eigenvalue weighted by Gasteiger charge is -2.20. The smallest absolute Gasteiger partial charge is 0.222 e. The van der Waals surface area contributed by atoms with Gasteiger partial charge in [0.2, 0.25) is 5.91 Å². The van der Waals surface area contributed by atoms with E-state index in [1.165, 1.54) is 141 Å². The van der Waals surface area contributed by atoms with Gasteiger partial charge in [0.1, 0.15) is 0 Å². The third-order valence-corrected chi connectivity index (χ3v) is 9.65. The van der Waals surface area contributed by atoms with Crippen molar-refractivity contribution in [2.45, 2.75) is 231 Å². The average Bonchev–Trinajstić information content (AvgIpc) is 3.09. The quantitative estimate of drug-likeness (QED) is 0.0384. The summed E-state index contributed by atoms with van der Waals surface area (Å²) in [4.78, 5) is 12.4. The lowest BCUT2D eigenvalue weighted by molar-refractivity contribution is -0.124. The van der Waals surface area contributed by atoms with Gasteiger partial charge in [-0.2, -0.15) is 0 Å². The zero-order valence-corrected chi connectivity index (χ0v) is 32.6. The van der Waals surface area contributed by atoms with Crippen LogP contribution in [0.25, 0.3) is 0 Å². The highest BCUT2D eigenvalue weighted by Gasteiger charge is 2.20. The van der Waals surface area contributed by atoms with E-state index in [1.807, 2.05) is 6.08 Å². The van der Waals surface area contributed by atoms with E-state index >= 15 is 0 Å². The van der Waals surface area contributed by atoms with Crippen molar-refractivity contribution in [1.29, 1.82) is 0 Å². The number of carbonyl (C=O) groups is 1. The van der Waals surface area contributed by atoms with Crippen molar-refractivity contribution in [3.05, 3.63) is 36.5 Å². The Morgan fingerprint density at radius 3 is 1.31 bits per heavy atom. The molecule has 0 saturated heterocycles. The lowest BCUT2D eigenvalue weighted by atomic mass is 10.0. The predicted octanol–water partition coefficient (Wildman–Crippen LogP) is 12.0. The number of aliphatic hydroxyl groups is 3. The van der Waals surface area contributed by atoms with Crippen molar-refractivity contribution in [2.24, 2.45) is 0 Å². The summed E-state index contributed by atoms with van der Waals surface area (Å²) in [5.74, 6) is -0.334. The second-order valence-corrected chi connectivity index (χ2v) is 14.6. The molecular formula is C44H83NO4. The van der Waals surface area contributed by atoms with Gasteiger partial charge in [-0.15, -0.1) is 0 Å². The molecule has 3 atom stereocenters. The van der Waals surface area contributed by atoms with Crippen LogP contribution in [0.5, 0.6) is 0 Å². The Morgan fingerprint density at radius 1 is 0.510 bits per heavy atom. The number of hydrogen-bond acceptors (Lipinski definition) is 4. The monoisotopic (exact) mass is 690 g/mol. The molecule has 5 nitrogen and oxygen atoms in total. The summed E-state index contributed by atoms with van der Waals surface area (Å²) in [6.07, 6.45) is 48.5. The van der Waals surface area contributed by atoms with Crippen molar-refractivity contribution in [2.75, 3.05) is 6.61 Å². The van der Waals surface area contributed by atoms with Gasteiger partial charge < -0.3 is 20.6 Å². The zero-order valence-electron chi connectivity index (χ0n) is 32.6. The normalized spacial score (nSPS) is 14.0. The molecule has 0 aliphatic heterocycles.